The molecule has 2 aromatic carbocycles. The third-order valence-electron chi connectivity index (χ3n) is 4.31. The van der Waals surface area contributed by atoms with Crippen molar-refractivity contribution >= 4 is 17.0 Å². The van der Waals surface area contributed by atoms with E-state index < -0.39 is 5.97 Å². The number of aromatic nitrogens is 3. The second-order valence-electron chi connectivity index (χ2n) is 6.08. The average Bonchev–Trinajstić information content (AvgIpc) is 3.10. The Morgan fingerprint density at radius 3 is 2.67 bits per heavy atom. The van der Waals surface area contributed by atoms with E-state index in [1.54, 1.807) is 23.0 Å². The Morgan fingerprint density at radius 1 is 1.11 bits per heavy atom. The fraction of sp³-hybridized carbons (Fsp3) is 0.0952. The molecule has 0 unspecified atom stereocenters. The second-order valence-corrected chi connectivity index (χ2v) is 6.08. The molecular formula is C21H16FN3O2. The fourth-order valence-electron chi connectivity index (χ4n) is 3.01. The van der Waals surface area contributed by atoms with Crippen LogP contribution in [-0.2, 0) is 11.3 Å². The van der Waals surface area contributed by atoms with Crippen molar-refractivity contribution in [3.05, 3.63) is 83.8 Å². The van der Waals surface area contributed by atoms with Crippen LogP contribution in [0.1, 0.15) is 15.9 Å². The van der Waals surface area contributed by atoms with E-state index in [9.17, 15) is 9.18 Å². The SMILES string of the molecule is COC(=O)c1cc(-c2ccccc2)nc2c1cnn2Cc1cccc(F)c1. The third-order valence-corrected chi connectivity index (χ3v) is 4.31. The van der Waals surface area contributed by atoms with Gasteiger partial charge in [0, 0.05) is 5.56 Å². The maximum absolute atomic E-state index is 13.5. The molecule has 0 saturated heterocycles. The first-order chi connectivity index (χ1) is 13.2. The van der Waals surface area contributed by atoms with Crippen LogP contribution in [-0.4, -0.2) is 27.8 Å². The summed E-state index contributed by atoms with van der Waals surface area (Å²) in [6.07, 6.45) is 1.59. The lowest BCUT2D eigenvalue weighted by atomic mass is 10.1. The molecule has 4 rings (SSSR count). The molecular weight excluding hydrogens is 345 g/mol. The Bertz CT molecular complexity index is 1120. The number of benzene rings is 2. The van der Waals surface area contributed by atoms with Crippen LogP contribution in [0.4, 0.5) is 4.39 Å². The number of halogens is 1. The van der Waals surface area contributed by atoms with Crippen molar-refractivity contribution in [2.24, 2.45) is 0 Å². The molecule has 5 nitrogen and oxygen atoms in total. The zero-order chi connectivity index (χ0) is 18.8. The van der Waals surface area contributed by atoms with Crippen LogP contribution in [0.3, 0.4) is 0 Å². The molecule has 4 aromatic rings. The summed E-state index contributed by atoms with van der Waals surface area (Å²) < 4.78 is 20.1. The van der Waals surface area contributed by atoms with Gasteiger partial charge in [-0.25, -0.2) is 18.9 Å². The first-order valence-electron chi connectivity index (χ1n) is 8.40. The molecule has 0 radical (unpaired) electrons. The van der Waals surface area contributed by atoms with E-state index in [2.05, 4.69) is 5.10 Å². The largest absolute Gasteiger partial charge is 0.465 e. The maximum Gasteiger partial charge on any atom is 0.338 e. The first-order valence-corrected chi connectivity index (χ1v) is 8.40. The van der Waals surface area contributed by atoms with Crippen LogP contribution >= 0.6 is 0 Å². The van der Waals surface area contributed by atoms with E-state index in [-0.39, 0.29) is 5.82 Å². The van der Waals surface area contributed by atoms with Crippen molar-refractivity contribution in [1.29, 1.82) is 0 Å². The zero-order valence-corrected chi connectivity index (χ0v) is 14.6. The number of carbonyl (C=O) groups is 1. The lowest BCUT2D eigenvalue weighted by Gasteiger charge is -2.08. The highest BCUT2D eigenvalue weighted by Crippen LogP contribution is 2.25. The maximum atomic E-state index is 13.5. The van der Waals surface area contributed by atoms with Gasteiger partial charge in [0.05, 0.1) is 36.5 Å². The molecule has 134 valence electrons. The number of nitrogens with zero attached hydrogens (tertiary/aromatic N) is 3. The van der Waals surface area contributed by atoms with Crippen LogP contribution < -0.4 is 0 Å². The molecule has 0 spiro atoms. The fourth-order valence-corrected chi connectivity index (χ4v) is 3.01. The number of ether oxygens (including phenoxy) is 1. The molecule has 0 saturated carbocycles. The molecule has 0 amide bonds. The summed E-state index contributed by atoms with van der Waals surface area (Å²) in [6.45, 7) is 0.340. The highest BCUT2D eigenvalue weighted by atomic mass is 19.1. The summed E-state index contributed by atoms with van der Waals surface area (Å²) in [6, 6.07) is 17.6. The number of hydrogen-bond acceptors (Lipinski definition) is 4. The predicted octanol–water partition coefficient (Wildman–Crippen LogP) is 4.07. The van der Waals surface area contributed by atoms with Crippen molar-refractivity contribution < 1.29 is 13.9 Å². The molecule has 27 heavy (non-hydrogen) atoms. The number of rotatable bonds is 4. The number of methoxy groups -OCH3 is 1. The molecule has 0 bridgehead atoms. The standard InChI is InChI=1S/C21H16FN3O2/c1-27-21(26)17-11-19(15-7-3-2-4-8-15)24-20-18(17)12-23-25(20)13-14-6-5-9-16(22)10-14/h2-12H,13H2,1H3. The minimum atomic E-state index is -0.454. The van der Waals surface area contributed by atoms with Crippen molar-refractivity contribution in [2.45, 2.75) is 6.54 Å². The Labute approximate surface area is 155 Å². The van der Waals surface area contributed by atoms with Gasteiger partial charge in [0.15, 0.2) is 5.65 Å². The van der Waals surface area contributed by atoms with Crippen molar-refractivity contribution in [3.63, 3.8) is 0 Å². The molecule has 0 aliphatic heterocycles. The van der Waals surface area contributed by atoms with Crippen LogP contribution in [0.2, 0.25) is 0 Å². The highest BCUT2D eigenvalue weighted by Gasteiger charge is 2.18. The zero-order valence-electron chi connectivity index (χ0n) is 14.6. The molecule has 2 aromatic heterocycles. The molecule has 0 aliphatic carbocycles. The summed E-state index contributed by atoms with van der Waals surface area (Å²) in [5.41, 5.74) is 3.21. The Hall–Kier alpha value is -3.54. The lowest BCUT2D eigenvalue weighted by Crippen LogP contribution is -2.06. The van der Waals surface area contributed by atoms with Gasteiger partial charge in [0.1, 0.15) is 5.82 Å². The normalized spacial score (nSPS) is 10.9. The van der Waals surface area contributed by atoms with Gasteiger partial charge in [-0.2, -0.15) is 5.10 Å². The van der Waals surface area contributed by atoms with Crippen molar-refractivity contribution in [2.75, 3.05) is 7.11 Å². The van der Waals surface area contributed by atoms with Gasteiger partial charge in [-0.1, -0.05) is 42.5 Å². The summed E-state index contributed by atoms with van der Waals surface area (Å²) in [5, 5.41) is 4.95. The second kappa shape index (κ2) is 6.99. The molecule has 6 heteroatoms. The van der Waals surface area contributed by atoms with E-state index in [0.29, 0.717) is 28.8 Å². The van der Waals surface area contributed by atoms with Gasteiger partial charge in [-0.3, -0.25) is 0 Å². The van der Waals surface area contributed by atoms with E-state index in [4.69, 9.17) is 9.72 Å². The summed E-state index contributed by atoms with van der Waals surface area (Å²) in [7, 11) is 1.34. The number of hydrogen-bond donors (Lipinski definition) is 0. The van der Waals surface area contributed by atoms with Gasteiger partial charge >= 0.3 is 5.97 Å². The van der Waals surface area contributed by atoms with E-state index in [1.165, 1.54) is 19.2 Å². The Morgan fingerprint density at radius 2 is 1.93 bits per heavy atom. The highest BCUT2D eigenvalue weighted by molar-refractivity contribution is 6.03. The van der Waals surface area contributed by atoms with Gasteiger partial charge in [0.2, 0.25) is 0 Å². The number of pyridine rings is 1. The van der Waals surface area contributed by atoms with Gasteiger partial charge in [-0.05, 0) is 23.8 Å². The van der Waals surface area contributed by atoms with E-state index in [1.807, 2.05) is 36.4 Å². The van der Waals surface area contributed by atoms with E-state index in [0.717, 1.165) is 11.1 Å². The quantitative estimate of drug-likeness (QED) is 0.514. The summed E-state index contributed by atoms with van der Waals surface area (Å²) in [4.78, 5) is 17.0. The van der Waals surface area contributed by atoms with Crippen LogP contribution in [0.5, 0.6) is 0 Å². The summed E-state index contributed by atoms with van der Waals surface area (Å²) in [5.74, 6) is -0.762. The lowest BCUT2D eigenvalue weighted by molar-refractivity contribution is 0.0603. The molecule has 0 N–H and O–H groups in total. The topological polar surface area (TPSA) is 57.0 Å². The van der Waals surface area contributed by atoms with Crippen LogP contribution in [0, 0.1) is 5.82 Å². The minimum absolute atomic E-state index is 0.308. The summed E-state index contributed by atoms with van der Waals surface area (Å²) >= 11 is 0. The van der Waals surface area contributed by atoms with Gasteiger partial charge in [0.25, 0.3) is 0 Å². The Kier molecular flexibility index (Phi) is 4.38. The van der Waals surface area contributed by atoms with Crippen molar-refractivity contribution in [3.8, 4) is 11.3 Å². The molecule has 0 aliphatic rings. The Balaban J connectivity index is 1.88. The smallest absolute Gasteiger partial charge is 0.338 e. The first kappa shape index (κ1) is 16.9. The van der Waals surface area contributed by atoms with Crippen molar-refractivity contribution in [1.82, 2.24) is 14.8 Å². The third kappa shape index (κ3) is 3.29. The van der Waals surface area contributed by atoms with E-state index >= 15 is 0 Å². The predicted molar refractivity (Wildman–Crippen MR) is 99.8 cm³/mol. The average molecular weight is 361 g/mol. The number of fused-ring (bicyclic) bond motifs is 1. The van der Waals surface area contributed by atoms with Crippen LogP contribution in [0.15, 0.2) is 66.9 Å². The van der Waals surface area contributed by atoms with Gasteiger partial charge in [-0.15, -0.1) is 0 Å². The molecule has 0 atom stereocenters. The molecule has 2 heterocycles. The number of esters is 1. The van der Waals surface area contributed by atoms with Gasteiger partial charge < -0.3 is 4.74 Å². The van der Waals surface area contributed by atoms with Crippen LogP contribution in [0.25, 0.3) is 22.3 Å². The molecule has 0 fully saturated rings. The number of carbonyl (C=O) groups excluding carboxylic acids is 1. The minimum Gasteiger partial charge on any atom is -0.465 e. The monoisotopic (exact) mass is 361 g/mol.